The van der Waals surface area contributed by atoms with Crippen LogP contribution in [0.1, 0.15) is 28.8 Å². The number of nitriles is 1. The van der Waals surface area contributed by atoms with E-state index in [0.29, 0.717) is 17.3 Å². The smallest absolute Gasteiger partial charge is 0.276 e. The van der Waals surface area contributed by atoms with Gasteiger partial charge in [0.15, 0.2) is 5.82 Å². The van der Waals surface area contributed by atoms with Crippen molar-refractivity contribution in [2.24, 2.45) is 5.92 Å². The Balaban J connectivity index is 1.41. The first-order chi connectivity index (χ1) is 13.2. The highest BCUT2D eigenvalue weighted by Gasteiger charge is 2.24. The topological polar surface area (TPSA) is 86.5 Å². The third-order valence-electron chi connectivity index (χ3n) is 5.06. The van der Waals surface area contributed by atoms with Crippen LogP contribution in [0.4, 0.5) is 0 Å². The Morgan fingerprint density at radius 2 is 2.22 bits per heavy atom. The Kier molecular flexibility index (Phi) is 4.86. The van der Waals surface area contributed by atoms with Crippen molar-refractivity contribution < 1.29 is 0 Å². The standard InChI is InChI=1S/C21H21N5O/c22-12-15-4-3-5-16(10-15)13-23-14-17-7-8-19-18(11-17)21(27)26(25-19)20-6-1-2-9-24-20/h1-6,9-10,17,23,25H,7-8,11,13-14H2. The summed E-state index contributed by atoms with van der Waals surface area (Å²) in [5, 5.41) is 15.7. The molecular weight excluding hydrogens is 338 g/mol. The number of nitrogens with one attached hydrogen (secondary N) is 2. The first-order valence-corrected chi connectivity index (χ1v) is 9.18. The van der Waals surface area contributed by atoms with Crippen molar-refractivity contribution in [2.45, 2.75) is 25.8 Å². The van der Waals surface area contributed by atoms with E-state index in [-0.39, 0.29) is 5.56 Å². The van der Waals surface area contributed by atoms with Crippen LogP contribution in [0.25, 0.3) is 5.82 Å². The molecule has 0 radical (unpaired) electrons. The lowest BCUT2D eigenvalue weighted by Crippen LogP contribution is -2.29. The minimum Gasteiger partial charge on any atom is -0.312 e. The Labute approximate surface area is 157 Å². The van der Waals surface area contributed by atoms with Crippen molar-refractivity contribution in [2.75, 3.05) is 6.54 Å². The Hall–Kier alpha value is -3.17. The minimum absolute atomic E-state index is 0.00937. The van der Waals surface area contributed by atoms with Crippen molar-refractivity contribution >= 4 is 0 Å². The van der Waals surface area contributed by atoms with Gasteiger partial charge in [-0.25, -0.2) is 9.67 Å². The van der Waals surface area contributed by atoms with Gasteiger partial charge < -0.3 is 5.32 Å². The predicted octanol–water partition coefficient (Wildman–Crippen LogP) is 2.33. The number of H-pyrrole nitrogens is 1. The maximum absolute atomic E-state index is 12.8. The molecule has 1 aromatic carbocycles. The molecule has 2 heterocycles. The molecule has 0 saturated carbocycles. The van der Waals surface area contributed by atoms with E-state index in [1.165, 1.54) is 0 Å². The lowest BCUT2D eigenvalue weighted by molar-refractivity contribution is 0.421. The summed E-state index contributed by atoms with van der Waals surface area (Å²) in [7, 11) is 0. The second-order valence-electron chi connectivity index (χ2n) is 6.95. The van der Waals surface area contributed by atoms with E-state index in [4.69, 9.17) is 5.26 Å². The molecule has 27 heavy (non-hydrogen) atoms. The number of pyridine rings is 1. The fourth-order valence-electron chi connectivity index (χ4n) is 3.67. The number of hydrogen-bond acceptors (Lipinski definition) is 4. The Morgan fingerprint density at radius 1 is 1.30 bits per heavy atom. The van der Waals surface area contributed by atoms with Crippen LogP contribution in [0.3, 0.4) is 0 Å². The second kappa shape index (κ2) is 7.60. The molecule has 1 aliphatic carbocycles. The number of fused-ring (bicyclic) bond motifs is 1. The van der Waals surface area contributed by atoms with E-state index >= 15 is 0 Å². The van der Waals surface area contributed by atoms with Crippen molar-refractivity contribution in [1.82, 2.24) is 20.1 Å². The van der Waals surface area contributed by atoms with Crippen LogP contribution in [0.15, 0.2) is 53.5 Å². The summed E-state index contributed by atoms with van der Waals surface area (Å²) in [5.74, 6) is 1.06. The molecule has 3 aromatic rings. The lowest BCUT2D eigenvalue weighted by atomic mass is 9.87. The van der Waals surface area contributed by atoms with Crippen LogP contribution in [-0.4, -0.2) is 21.3 Å². The average Bonchev–Trinajstić information content (AvgIpc) is 3.05. The summed E-state index contributed by atoms with van der Waals surface area (Å²) < 4.78 is 1.55. The summed E-state index contributed by atoms with van der Waals surface area (Å²) in [6.45, 7) is 1.58. The highest BCUT2D eigenvalue weighted by atomic mass is 16.1. The van der Waals surface area contributed by atoms with E-state index in [0.717, 1.165) is 49.2 Å². The Morgan fingerprint density at radius 3 is 3.04 bits per heavy atom. The number of nitrogens with zero attached hydrogens (tertiary/aromatic N) is 3. The molecule has 2 N–H and O–H groups in total. The number of rotatable bonds is 5. The summed E-state index contributed by atoms with van der Waals surface area (Å²) in [4.78, 5) is 17.0. The summed E-state index contributed by atoms with van der Waals surface area (Å²) in [5.41, 5.74) is 3.70. The molecule has 0 spiro atoms. The molecule has 1 unspecified atom stereocenters. The van der Waals surface area contributed by atoms with Gasteiger partial charge in [-0.1, -0.05) is 18.2 Å². The van der Waals surface area contributed by atoms with Gasteiger partial charge in [0.2, 0.25) is 0 Å². The third-order valence-corrected chi connectivity index (χ3v) is 5.06. The first kappa shape index (κ1) is 17.3. The van der Waals surface area contributed by atoms with Gasteiger partial charge in [-0.2, -0.15) is 5.26 Å². The van der Waals surface area contributed by atoms with E-state index < -0.39 is 0 Å². The molecule has 1 aliphatic rings. The zero-order valence-electron chi connectivity index (χ0n) is 15.0. The van der Waals surface area contributed by atoms with Gasteiger partial charge in [-0.15, -0.1) is 0 Å². The van der Waals surface area contributed by atoms with Gasteiger partial charge in [0, 0.05) is 24.0 Å². The van der Waals surface area contributed by atoms with Crippen LogP contribution >= 0.6 is 0 Å². The molecule has 0 bridgehead atoms. The van der Waals surface area contributed by atoms with Crippen LogP contribution in [-0.2, 0) is 19.4 Å². The minimum atomic E-state index is 0.00937. The van der Waals surface area contributed by atoms with Crippen molar-refractivity contribution in [3.05, 3.63) is 81.4 Å². The number of aromatic amines is 1. The summed E-state index contributed by atoms with van der Waals surface area (Å²) in [6, 6.07) is 15.4. The van der Waals surface area contributed by atoms with Gasteiger partial charge >= 0.3 is 0 Å². The molecular formula is C21H21N5O. The van der Waals surface area contributed by atoms with E-state index in [2.05, 4.69) is 21.5 Å². The fraction of sp³-hybridized carbons (Fsp3) is 0.286. The molecule has 1 atom stereocenters. The quantitative estimate of drug-likeness (QED) is 0.732. The molecule has 4 rings (SSSR count). The van der Waals surface area contributed by atoms with Gasteiger partial charge in [-0.3, -0.25) is 9.89 Å². The second-order valence-corrected chi connectivity index (χ2v) is 6.95. The largest absolute Gasteiger partial charge is 0.312 e. The average molecular weight is 359 g/mol. The van der Waals surface area contributed by atoms with Crippen LogP contribution in [0.5, 0.6) is 0 Å². The molecule has 6 heteroatoms. The van der Waals surface area contributed by atoms with Gasteiger partial charge in [0.1, 0.15) is 0 Å². The highest BCUT2D eigenvalue weighted by Crippen LogP contribution is 2.22. The monoisotopic (exact) mass is 359 g/mol. The van der Waals surface area contributed by atoms with Crippen molar-refractivity contribution in [1.29, 1.82) is 5.26 Å². The lowest BCUT2D eigenvalue weighted by Gasteiger charge is -2.21. The van der Waals surface area contributed by atoms with Gasteiger partial charge in [0.05, 0.1) is 11.6 Å². The van der Waals surface area contributed by atoms with Gasteiger partial charge in [0.25, 0.3) is 5.56 Å². The van der Waals surface area contributed by atoms with Crippen molar-refractivity contribution in [3.8, 4) is 11.9 Å². The Bertz CT molecular complexity index is 1030. The number of aromatic nitrogens is 3. The molecule has 0 aliphatic heterocycles. The molecule has 0 fully saturated rings. The highest BCUT2D eigenvalue weighted by molar-refractivity contribution is 5.32. The maximum Gasteiger partial charge on any atom is 0.276 e. The van der Waals surface area contributed by atoms with Crippen molar-refractivity contribution in [3.63, 3.8) is 0 Å². The van der Waals surface area contributed by atoms with E-state index in [1.807, 2.05) is 42.5 Å². The number of aryl methyl sites for hydroxylation is 1. The molecule has 6 nitrogen and oxygen atoms in total. The van der Waals surface area contributed by atoms with E-state index in [9.17, 15) is 4.79 Å². The van der Waals surface area contributed by atoms with E-state index in [1.54, 1.807) is 10.9 Å². The normalized spacial score (nSPS) is 15.9. The third kappa shape index (κ3) is 3.69. The maximum atomic E-state index is 12.8. The molecule has 2 aromatic heterocycles. The van der Waals surface area contributed by atoms with Crippen LogP contribution < -0.4 is 10.9 Å². The molecule has 136 valence electrons. The molecule has 0 saturated heterocycles. The number of hydrogen-bond donors (Lipinski definition) is 2. The van der Waals surface area contributed by atoms with Gasteiger partial charge in [-0.05, 0) is 61.6 Å². The fourth-order valence-corrected chi connectivity index (χ4v) is 3.67. The first-order valence-electron chi connectivity index (χ1n) is 9.18. The number of benzene rings is 1. The summed E-state index contributed by atoms with van der Waals surface area (Å²) in [6.07, 6.45) is 4.38. The zero-order chi connectivity index (χ0) is 18.6. The zero-order valence-corrected chi connectivity index (χ0v) is 15.0. The predicted molar refractivity (Wildman–Crippen MR) is 103 cm³/mol. The van der Waals surface area contributed by atoms with Crippen LogP contribution in [0.2, 0.25) is 0 Å². The molecule has 0 amide bonds. The summed E-state index contributed by atoms with van der Waals surface area (Å²) >= 11 is 0. The SMILES string of the molecule is N#Cc1cccc(CNCC2CCc3[nH]n(-c4ccccn4)c(=O)c3C2)c1. The van der Waals surface area contributed by atoms with Crippen LogP contribution in [0, 0.1) is 17.2 Å².